The lowest BCUT2D eigenvalue weighted by Crippen LogP contribution is -2.11. The van der Waals surface area contributed by atoms with Gasteiger partial charge in [-0.05, 0) is 43.7 Å². The van der Waals surface area contributed by atoms with Crippen LogP contribution in [0.25, 0.3) is 0 Å². The van der Waals surface area contributed by atoms with Gasteiger partial charge in [-0.2, -0.15) is 0 Å². The van der Waals surface area contributed by atoms with Crippen LogP contribution >= 0.6 is 11.3 Å². The molecule has 5 heteroatoms. The van der Waals surface area contributed by atoms with Crippen LogP contribution in [0.3, 0.4) is 0 Å². The number of aromatic nitrogens is 1. The highest BCUT2D eigenvalue weighted by molar-refractivity contribution is 7.14. The summed E-state index contributed by atoms with van der Waals surface area (Å²) in [5.41, 5.74) is 7.26. The Morgan fingerprint density at radius 1 is 1.40 bits per heavy atom. The van der Waals surface area contributed by atoms with E-state index in [1.54, 1.807) is 6.07 Å². The van der Waals surface area contributed by atoms with Gasteiger partial charge in [0.2, 0.25) is 0 Å². The van der Waals surface area contributed by atoms with Crippen molar-refractivity contribution in [1.29, 1.82) is 0 Å². The Balaban J connectivity index is 2.13. The zero-order valence-corrected chi connectivity index (χ0v) is 12.2. The molecule has 0 bridgehead atoms. The second-order valence-corrected chi connectivity index (χ2v) is 5.38. The minimum atomic E-state index is -0.173. The van der Waals surface area contributed by atoms with Crippen molar-refractivity contribution >= 4 is 23.1 Å². The van der Waals surface area contributed by atoms with Crippen LogP contribution in [-0.2, 0) is 0 Å². The summed E-state index contributed by atoms with van der Waals surface area (Å²) in [5.74, 6) is 6.07. The van der Waals surface area contributed by atoms with E-state index >= 15 is 0 Å². The molecule has 0 fully saturated rings. The lowest BCUT2D eigenvalue weighted by Gasteiger charge is -2.05. The number of carbonyl (C=O) groups excluding carboxylic acids is 1. The van der Waals surface area contributed by atoms with Crippen LogP contribution in [0.2, 0.25) is 0 Å². The van der Waals surface area contributed by atoms with Gasteiger partial charge in [-0.3, -0.25) is 4.79 Å². The van der Waals surface area contributed by atoms with Crippen molar-refractivity contribution in [3.8, 4) is 11.8 Å². The maximum atomic E-state index is 12.1. The first-order valence-corrected chi connectivity index (χ1v) is 6.95. The second kappa shape index (κ2) is 6.33. The van der Waals surface area contributed by atoms with Crippen LogP contribution in [0.5, 0.6) is 0 Å². The van der Waals surface area contributed by atoms with Gasteiger partial charge in [-0.1, -0.05) is 11.8 Å². The molecular weight excluding hydrogens is 270 g/mol. The number of nitrogens with one attached hydrogen (secondary N) is 1. The van der Waals surface area contributed by atoms with Crippen molar-refractivity contribution in [3.63, 3.8) is 0 Å². The van der Waals surface area contributed by atoms with Gasteiger partial charge in [0, 0.05) is 5.69 Å². The Morgan fingerprint density at radius 3 is 2.90 bits per heavy atom. The molecule has 2 aromatic rings. The lowest BCUT2D eigenvalue weighted by molar-refractivity contribution is 0.103. The van der Waals surface area contributed by atoms with Crippen molar-refractivity contribution in [2.75, 3.05) is 11.9 Å². The fourth-order valence-corrected chi connectivity index (χ4v) is 2.52. The van der Waals surface area contributed by atoms with Crippen LogP contribution in [0.1, 0.15) is 25.8 Å². The molecule has 0 aliphatic heterocycles. The third kappa shape index (κ3) is 3.67. The van der Waals surface area contributed by atoms with Crippen molar-refractivity contribution in [1.82, 2.24) is 4.98 Å². The fourth-order valence-electron chi connectivity index (χ4n) is 1.75. The summed E-state index contributed by atoms with van der Waals surface area (Å²) >= 11 is 1.34. The van der Waals surface area contributed by atoms with E-state index in [2.05, 4.69) is 22.1 Å². The average molecular weight is 285 g/mol. The molecular formula is C15H15N3OS. The van der Waals surface area contributed by atoms with E-state index in [0.717, 1.165) is 16.1 Å². The first kappa shape index (κ1) is 14.3. The monoisotopic (exact) mass is 285 g/mol. The SMILES string of the molecule is Cc1cc(C)nc(NC(=O)c2ccc(C#CCN)s2)c1. The van der Waals surface area contributed by atoms with Gasteiger partial charge in [0.1, 0.15) is 5.82 Å². The number of hydrogen-bond donors (Lipinski definition) is 2. The molecule has 0 atom stereocenters. The summed E-state index contributed by atoms with van der Waals surface area (Å²) in [6.45, 7) is 4.18. The molecule has 0 aromatic carbocycles. The summed E-state index contributed by atoms with van der Waals surface area (Å²) < 4.78 is 0. The molecule has 0 saturated heterocycles. The van der Waals surface area contributed by atoms with Gasteiger partial charge >= 0.3 is 0 Å². The van der Waals surface area contributed by atoms with Crippen LogP contribution in [-0.4, -0.2) is 17.4 Å². The molecule has 0 unspecified atom stereocenters. The molecule has 1 amide bonds. The van der Waals surface area contributed by atoms with Crippen LogP contribution in [0.15, 0.2) is 24.3 Å². The maximum Gasteiger partial charge on any atom is 0.266 e. The molecule has 0 spiro atoms. The predicted molar refractivity (Wildman–Crippen MR) is 81.9 cm³/mol. The van der Waals surface area contributed by atoms with Crippen molar-refractivity contribution in [2.24, 2.45) is 5.73 Å². The van der Waals surface area contributed by atoms with Gasteiger partial charge < -0.3 is 11.1 Å². The number of anilines is 1. The fraction of sp³-hybridized carbons (Fsp3) is 0.200. The van der Waals surface area contributed by atoms with Crippen LogP contribution in [0, 0.1) is 25.7 Å². The number of aryl methyl sites for hydroxylation is 2. The molecule has 20 heavy (non-hydrogen) atoms. The Hall–Kier alpha value is -2.16. The average Bonchev–Trinajstić information content (AvgIpc) is 2.83. The van der Waals surface area contributed by atoms with Crippen LogP contribution < -0.4 is 11.1 Å². The van der Waals surface area contributed by atoms with Gasteiger partial charge in [-0.25, -0.2) is 4.98 Å². The Kier molecular flexibility index (Phi) is 4.51. The lowest BCUT2D eigenvalue weighted by atomic mass is 10.2. The first-order valence-electron chi connectivity index (χ1n) is 6.14. The molecule has 2 aromatic heterocycles. The van der Waals surface area contributed by atoms with Crippen molar-refractivity contribution < 1.29 is 4.79 Å². The molecule has 102 valence electrons. The minimum Gasteiger partial charge on any atom is -0.320 e. The Bertz CT molecular complexity index is 674. The summed E-state index contributed by atoms with van der Waals surface area (Å²) in [6.07, 6.45) is 0. The highest BCUT2D eigenvalue weighted by Gasteiger charge is 2.10. The summed E-state index contributed by atoms with van der Waals surface area (Å²) in [4.78, 5) is 17.8. The number of carbonyl (C=O) groups is 1. The minimum absolute atomic E-state index is 0.173. The molecule has 2 rings (SSSR count). The molecule has 3 N–H and O–H groups in total. The third-order valence-corrected chi connectivity index (χ3v) is 3.48. The highest BCUT2D eigenvalue weighted by Crippen LogP contribution is 2.17. The molecule has 2 heterocycles. The maximum absolute atomic E-state index is 12.1. The van der Waals surface area contributed by atoms with E-state index in [1.165, 1.54) is 11.3 Å². The number of thiophene rings is 1. The van der Waals surface area contributed by atoms with E-state index < -0.39 is 0 Å². The normalized spacial score (nSPS) is 9.75. The van der Waals surface area contributed by atoms with E-state index in [4.69, 9.17) is 5.73 Å². The molecule has 0 aliphatic rings. The summed E-state index contributed by atoms with van der Waals surface area (Å²) in [5, 5.41) is 2.80. The van der Waals surface area contributed by atoms with E-state index in [0.29, 0.717) is 17.2 Å². The largest absolute Gasteiger partial charge is 0.320 e. The summed E-state index contributed by atoms with van der Waals surface area (Å²) in [6, 6.07) is 7.37. The van der Waals surface area contributed by atoms with Crippen LogP contribution in [0.4, 0.5) is 5.82 Å². The number of hydrogen-bond acceptors (Lipinski definition) is 4. The highest BCUT2D eigenvalue weighted by atomic mass is 32.1. The van der Waals surface area contributed by atoms with Crippen molar-refractivity contribution in [2.45, 2.75) is 13.8 Å². The number of amides is 1. The standard InChI is InChI=1S/C15H15N3OS/c1-10-8-11(2)17-14(9-10)18-15(19)13-6-5-12(20-13)4-3-7-16/h5-6,8-9H,7,16H2,1-2H3,(H,17,18,19). The molecule has 0 radical (unpaired) electrons. The number of nitrogens with two attached hydrogens (primary N) is 1. The topological polar surface area (TPSA) is 68.0 Å². The zero-order chi connectivity index (χ0) is 14.5. The smallest absolute Gasteiger partial charge is 0.266 e. The van der Waals surface area contributed by atoms with E-state index in [9.17, 15) is 4.79 Å². The predicted octanol–water partition coefficient (Wildman–Crippen LogP) is 2.32. The van der Waals surface area contributed by atoms with E-state index in [1.807, 2.05) is 32.0 Å². The third-order valence-electron chi connectivity index (χ3n) is 2.48. The second-order valence-electron chi connectivity index (χ2n) is 4.30. The van der Waals surface area contributed by atoms with Crippen molar-refractivity contribution in [3.05, 3.63) is 45.3 Å². The number of pyridine rings is 1. The first-order chi connectivity index (χ1) is 9.58. The van der Waals surface area contributed by atoms with E-state index in [-0.39, 0.29) is 5.91 Å². The summed E-state index contributed by atoms with van der Waals surface area (Å²) in [7, 11) is 0. The van der Waals surface area contributed by atoms with Gasteiger partial charge in [0.05, 0.1) is 16.3 Å². The molecule has 0 saturated carbocycles. The van der Waals surface area contributed by atoms with Gasteiger partial charge in [0.25, 0.3) is 5.91 Å². The molecule has 4 nitrogen and oxygen atoms in total. The molecule has 0 aliphatic carbocycles. The quantitative estimate of drug-likeness (QED) is 0.832. The van der Waals surface area contributed by atoms with Gasteiger partial charge in [-0.15, -0.1) is 11.3 Å². The zero-order valence-electron chi connectivity index (χ0n) is 11.4. The van der Waals surface area contributed by atoms with Gasteiger partial charge in [0.15, 0.2) is 0 Å². The Labute approximate surface area is 122 Å². The number of nitrogens with zero attached hydrogens (tertiary/aromatic N) is 1. The Morgan fingerprint density at radius 2 is 2.20 bits per heavy atom. The number of rotatable bonds is 2.